The van der Waals surface area contributed by atoms with Gasteiger partial charge in [0.2, 0.25) is 12.7 Å². The van der Waals surface area contributed by atoms with Gasteiger partial charge in [-0.3, -0.25) is 9.59 Å². The average molecular weight is 403 g/mol. The van der Waals surface area contributed by atoms with E-state index in [0.29, 0.717) is 12.0 Å². The van der Waals surface area contributed by atoms with Crippen LogP contribution in [0.25, 0.3) is 0 Å². The summed E-state index contributed by atoms with van der Waals surface area (Å²) in [5.41, 5.74) is 0.0340. The SMILES string of the molecule is C=CCCC(=O)N[C@H]1Cc2cccc(C(=O)OCOC(=O)C(C)(C)C)c2OB1O. The fourth-order valence-corrected chi connectivity index (χ4v) is 2.65. The number of carbonyl (C=O) groups is 3. The topological polar surface area (TPSA) is 111 Å². The summed E-state index contributed by atoms with van der Waals surface area (Å²) in [6.07, 6.45) is 2.72. The number of carbonyl (C=O) groups excluding carboxylic acids is 3. The quantitative estimate of drug-likeness (QED) is 0.309. The smallest absolute Gasteiger partial charge is 0.534 e. The highest BCUT2D eigenvalue weighted by Gasteiger charge is 2.37. The summed E-state index contributed by atoms with van der Waals surface area (Å²) in [5.74, 6) is -1.92. The molecule has 0 unspecified atom stereocenters. The second-order valence-corrected chi connectivity index (χ2v) is 7.74. The summed E-state index contributed by atoms with van der Waals surface area (Å²) in [6, 6.07) is 4.87. The predicted molar refractivity (Wildman–Crippen MR) is 106 cm³/mol. The molecule has 0 aliphatic carbocycles. The molecular weight excluding hydrogens is 377 g/mol. The number of para-hydroxylation sites is 1. The van der Waals surface area contributed by atoms with Crippen molar-refractivity contribution in [3.8, 4) is 5.75 Å². The van der Waals surface area contributed by atoms with E-state index < -0.39 is 37.2 Å². The molecule has 0 saturated heterocycles. The average Bonchev–Trinajstić information content (AvgIpc) is 2.65. The largest absolute Gasteiger partial charge is 0.547 e. The van der Waals surface area contributed by atoms with Gasteiger partial charge in [-0.15, -0.1) is 6.58 Å². The number of nitrogens with one attached hydrogen (secondary N) is 1. The van der Waals surface area contributed by atoms with E-state index in [-0.39, 0.29) is 30.1 Å². The van der Waals surface area contributed by atoms with Crippen molar-refractivity contribution in [2.24, 2.45) is 5.41 Å². The molecule has 1 aromatic carbocycles. The first kappa shape index (κ1) is 22.5. The van der Waals surface area contributed by atoms with Gasteiger partial charge in [0.1, 0.15) is 11.3 Å². The van der Waals surface area contributed by atoms with Gasteiger partial charge in [-0.1, -0.05) is 18.2 Å². The Labute approximate surface area is 170 Å². The van der Waals surface area contributed by atoms with Crippen molar-refractivity contribution < 1.29 is 33.5 Å². The van der Waals surface area contributed by atoms with E-state index in [1.807, 2.05) is 0 Å². The van der Waals surface area contributed by atoms with E-state index in [1.165, 1.54) is 6.07 Å². The van der Waals surface area contributed by atoms with Gasteiger partial charge in [-0.25, -0.2) is 4.79 Å². The maximum atomic E-state index is 12.4. The summed E-state index contributed by atoms with van der Waals surface area (Å²) in [4.78, 5) is 36.0. The minimum absolute atomic E-state index is 0.102. The molecular formula is C20H26BNO7. The van der Waals surface area contributed by atoms with Gasteiger partial charge >= 0.3 is 19.1 Å². The number of hydrogen-bond donors (Lipinski definition) is 2. The molecule has 2 rings (SSSR count). The Hall–Kier alpha value is -2.81. The lowest BCUT2D eigenvalue weighted by Gasteiger charge is -2.29. The minimum Gasteiger partial charge on any atom is -0.534 e. The lowest BCUT2D eigenvalue weighted by molar-refractivity contribution is -0.161. The van der Waals surface area contributed by atoms with Crippen LogP contribution in [0.2, 0.25) is 0 Å². The van der Waals surface area contributed by atoms with Crippen LogP contribution in [0.1, 0.15) is 49.5 Å². The minimum atomic E-state index is -1.32. The van der Waals surface area contributed by atoms with E-state index >= 15 is 0 Å². The normalized spacial score (nSPS) is 15.6. The van der Waals surface area contributed by atoms with Crippen LogP contribution in [-0.4, -0.2) is 42.7 Å². The molecule has 1 aromatic rings. The summed E-state index contributed by atoms with van der Waals surface area (Å²) in [6.45, 7) is 8.10. The monoisotopic (exact) mass is 403 g/mol. The molecule has 1 heterocycles. The first-order valence-corrected chi connectivity index (χ1v) is 9.34. The van der Waals surface area contributed by atoms with Crippen molar-refractivity contribution in [1.29, 1.82) is 0 Å². The lowest BCUT2D eigenvalue weighted by Crippen LogP contribution is -2.53. The molecule has 29 heavy (non-hydrogen) atoms. The summed E-state index contributed by atoms with van der Waals surface area (Å²) >= 11 is 0. The number of amides is 1. The first-order chi connectivity index (χ1) is 13.6. The van der Waals surface area contributed by atoms with E-state index in [9.17, 15) is 19.4 Å². The van der Waals surface area contributed by atoms with Crippen LogP contribution in [0.5, 0.6) is 5.75 Å². The Balaban J connectivity index is 2.03. The van der Waals surface area contributed by atoms with Crippen molar-refractivity contribution in [3.63, 3.8) is 0 Å². The van der Waals surface area contributed by atoms with Crippen LogP contribution < -0.4 is 9.97 Å². The van der Waals surface area contributed by atoms with E-state index in [1.54, 1.807) is 39.0 Å². The molecule has 1 aliphatic rings. The van der Waals surface area contributed by atoms with Gasteiger partial charge in [0.25, 0.3) is 0 Å². The molecule has 0 spiro atoms. The van der Waals surface area contributed by atoms with Gasteiger partial charge in [0.15, 0.2) is 0 Å². The number of allylic oxidation sites excluding steroid dienone is 1. The van der Waals surface area contributed by atoms with Gasteiger partial charge in [-0.05, 0) is 45.2 Å². The number of fused-ring (bicyclic) bond motifs is 1. The van der Waals surface area contributed by atoms with Crippen LogP contribution in [0, 0.1) is 5.41 Å². The highest BCUT2D eigenvalue weighted by Crippen LogP contribution is 2.30. The second-order valence-electron chi connectivity index (χ2n) is 7.74. The van der Waals surface area contributed by atoms with Crippen molar-refractivity contribution >= 4 is 25.0 Å². The summed E-state index contributed by atoms with van der Waals surface area (Å²) in [7, 11) is -1.32. The molecule has 1 aliphatic heterocycles. The molecule has 0 saturated carbocycles. The standard InChI is InChI=1S/C20H26BNO7/c1-5-6-10-16(23)22-15-11-13-8-7-9-14(17(13)29-21(15)26)18(24)27-12-28-19(25)20(2,3)4/h5,7-9,15,26H,1,6,10-12H2,2-4H3,(H,22,23)/t15-/m0/s1. The molecule has 9 heteroatoms. The fourth-order valence-electron chi connectivity index (χ4n) is 2.65. The Morgan fingerprint density at radius 2 is 2.07 bits per heavy atom. The van der Waals surface area contributed by atoms with Crippen molar-refractivity contribution in [2.75, 3.05) is 6.79 Å². The molecule has 0 aromatic heterocycles. The number of benzene rings is 1. The van der Waals surface area contributed by atoms with E-state index in [4.69, 9.17) is 14.1 Å². The molecule has 1 amide bonds. The maximum Gasteiger partial charge on any atom is 0.547 e. The fraction of sp³-hybridized carbons (Fsp3) is 0.450. The third-order valence-electron chi connectivity index (χ3n) is 4.25. The van der Waals surface area contributed by atoms with Crippen LogP contribution in [0.15, 0.2) is 30.9 Å². The molecule has 2 N–H and O–H groups in total. The Morgan fingerprint density at radius 1 is 1.34 bits per heavy atom. The molecule has 1 atom stereocenters. The number of esters is 2. The van der Waals surface area contributed by atoms with Gasteiger partial charge in [0.05, 0.1) is 11.4 Å². The van der Waals surface area contributed by atoms with Gasteiger partial charge in [0, 0.05) is 6.42 Å². The zero-order chi connectivity index (χ0) is 21.6. The maximum absolute atomic E-state index is 12.4. The van der Waals surface area contributed by atoms with E-state index in [2.05, 4.69) is 11.9 Å². The van der Waals surface area contributed by atoms with Crippen LogP contribution in [-0.2, 0) is 25.5 Å². The first-order valence-electron chi connectivity index (χ1n) is 9.34. The molecule has 8 nitrogen and oxygen atoms in total. The third kappa shape index (κ3) is 6.09. The van der Waals surface area contributed by atoms with Crippen molar-refractivity contribution in [1.82, 2.24) is 5.32 Å². The number of hydrogen-bond acceptors (Lipinski definition) is 7. The zero-order valence-electron chi connectivity index (χ0n) is 16.9. The Bertz CT molecular complexity index is 788. The van der Waals surface area contributed by atoms with Crippen LogP contribution in [0.4, 0.5) is 0 Å². The second kappa shape index (κ2) is 9.60. The molecule has 156 valence electrons. The highest BCUT2D eigenvalue weighted by molar-refractivity contribution is 6.47. The highest BCUT2D eigenvalue weighted by atomic mass is 16.7. The summed E-state index contributed by atoms with van der Waals surface area (Å²) < 4.78 is 15.4. The predicted octanol–water partition coefficient (Wildman–Crippen LogP) is 1.80. The molecule has 0 radical (unpaired) electrons. The van der Waals surface area contributed by atoms with Crippen LogP contribution >= 0.6 is 0 Å². The van der Waals surface area contributed by atoms with Crippen LogP contribution in [0.3, 0.4) is 0 Å². The third-order valence-corrected chi connectivity index (χ3v) is 4.25. The van der Waals surface area contributed by atoms with E-state index in [0.717, 1.165) is 0 Å². The van der Waals surface area contributed by atoms with Crippen molar-refractivity contribution in [2.45, 2.75) is 46.0 Å². The lowest BCUT2D eigenvalue weighted by atomic mass is 9.72. The van der Waals surface area contributed by atoms with Gasteiger partial charge < -0.3 is 24.5 Å². The Morgan fingerprint density at radius 3 is 2.72 bits per heavy atom. The van der Waals surface area contributed by atoms with Gasteiger partial charge in [-0.2, -0.15) is 0 Å². The van der Waals surface area contributed by atoms with Crippen molar-refractivity contribution in [3.05, 3.63) is 42.0 Å². The molecule has 0 bridgehead atoms. The summed E-state index contributed by atoms with van der Waals surface area (Å²) in [5, 5.41) is 13.0. The zero-order valence-corrected chi connectivity index (χ0v) is 16.9. The number of rotatable bonds is 7. The Kier molecular flexibility index (Phi) is 7.44. The molecule has 0 fully saturated rings. The number of ether oxygens (including phenoxy) is 2.